The molecule has 0 fully saturated rings. The van der Waals surface area contributed by atoms with Crippen molar-refractivity contribution in [1.82, 2.24) is 0 Å². The molecule has 0 aromatic heterocycles. The number of hydrogen-bond acceptors (Lipinski definition) is 3. The Morgan fingerprint density at radius 3 is 2.10 bits per heavy atom. The molecule has 0 heterocycles. The van der Waals surface area contributed by atoms with Crippen molar-refractivity contribution < 1.29 is 8.42 Å². The highest BCUT2D eigenvalue weighted by molar-refractivity contribution is 7.93. The predicted molar refractivity (Wildman–Crippen MR) is 87.5 cm³/mol. The van der Waals surface area contributed by atoms with Crippen molar-refractivity contribution in [2.24, 2.45) is 0 Å². The maximum absolute atomic E-state index is 12.4. The molecule has 0 radical (unpaired) electrons. The minimum Gasteiger partial charge on any atom is -0.399 e. The molecule has 4 nitrogen and oxygen atoms in total. The van der Waals surface area contributed by atoms with Crippen molar-refractivity contribution in [3.8, 4) is 0 Å². The summed E-state index contributed by atoms with van der Waals surface area (Å²) < 4.78 is 27.2. The van der Waals surface area contributed by atoms with Gasteiger partial charge in [-0.3, -0.25) is 4.72 Å². The topological polar surface area (TPSA) is 72.2 Å². The van der Waals surface area contributed by atoms with E-state index in [-0.39, 0.29) is 14.9 Å². The fourth-order valence-electron chi connectivity index (χ4n) is 1.85. The first kappa shape index (κ1) is 15.9. The van der Waals surface area contributed by atoms with Gasteiger partial charge in [0.15, 0.2) is 0 Å². The van der Waals surface area contributed by atoms with Gasteiger partial charge in [0, 0.05) is 11.4 Å². The fourth-order valence-corrected chi connectivity index (χ4v) is 4.14. The highest BCUT2D eigenvalue weighted by atomic mass is 35.5. The first-order valence-corrected chi connectivity index (χ1v) is 8.43. The van der Waals surface area contributed by atoms with Crippen LogP contribution in [0.15, 0.2) is 41.3 Å². The van der Waals surface area contributed by atoms with Gasteiger partial charge in [-0.05, 0) is 36.2 Å². The second kappa shape index (κ2) is 6.13. The van der Waals surface area contributed by atoms with Crippen molar-refractivity contribution in [3.05, 3.63) is 52.0 Å². The zero-order chi connectivity index (χ0) is 15.6. The molecule has 0 saturated heterocycles. The van der Waals surface area contributed by atoms with Crippen LogP contribution in [-0.4, -0.2) is 8.42 Å². The van der Waals surface area contributed by atoms with E-state index >= 15 is 0 Å². The van der Waals surface area contributed by atoms with Crippen LogP contribution < -0.4 is 10.5 Å². The average Bonchev–Trinajstić information content (AvgIpc) is 2.37. The van der Waals surface area contributed by atoms with Gasteiger partial charge < -0.3 is 5.73 Å². The third kappa shape index (κ3) is 3.61. The summed E-state index contributed by atoms with van der Waals surface area (Å²) in [6.45, 7) is 2.02. The van der Waals surface area contributed by atoms with E-state index in [1.54, 1.807) is 12.1 Å². The lowest BCUT2D eigenvalue weighted by Gasteiger charge is -2.12. The molecular weight excluding hydrogens is 331 g/mol. The van der Waals surface area contributed by atoms with Gasteiger partial charge in [0.25, 0.3) is 10.0 Å². The minimum atomic E-state index is -3.88. The van der Waals surface area contributed by atoms with Gasteiger partial charge in [-0.2, -0.15) is 0 Å². The molecule has 2 rings (SSSR count). The number of benzene rings is 2. The quantitative estimate of drug-likeness (QED) is 0.825. The molecule has 0 atom stereocenters. The van der Waals surface area contributed by atoms with E-state index in [9.17, 15) is 8.42 Å². The molecule has 0 amide bonds. The van der Waals surface area contributed by atoms with E-state index in [2.05, 4.69) is 4.72 Å². The lowest BCUT2D eigenvalue weighted by Crippen LogP contribution is -2.14. The Balaban J connectivity index is 2.38. The molecule has 0 bridgehead atoms. The number of halogens is 2. The van der Waals surface area contributed by atoms with Crippen molar-refractivity contribution in [2.45, 2.75) is 18.2 Å². The van der Waals surface area contributed by atoms with E-state index in [0.717, 1.165) is 12.0 Å². The maximum atomic E-state index is 12.4. The lowest BCUT2D eigenvalue weighted by molar-refractivity contribution is 0.601. The standard InChI is InChI=1S/C14H14Cl2N2O2S/c1-2-9-3-5-11(6-4-9)18-21(19,20)14-12(15)7-10(17)8-13(14)16/h3-8,18H,2,17H2,1H3. The number of hydrogen-bond donors (Lipinski definition) is 2. The number of anilines is 2. The largest absolute Gasteiger partial charge is 0.399 e. The van der Waals surface area contributed by atoms with Gasteiger partial charge in [-0.15, -0.1) is 0 Å². The Morgan fingerprint density at radius 2 is 1.62 bits per heavy atom. The van der Waals surface area contributed by atoms with Crippen LogP contribution in [0.4, 0.5) is 11.4 Å². The first-order chi connectivity index (χ1) is 9.83. The fraction of sp³-hybridized carbons (Fsp3) is 0.143. The first-order valence-electron chi connectivity index (χ1n) is 6.19. The lowest BCUT2D eigenvalue weighted by atomic mass is 10.2. The normalized spacial score (nSPS) is 11.4. The van der Waals surface area contributed by atoms with Gasteiger partial charge in [0.2, 0.25) is 0 Å². The smallest absolute Gasteiger partial charge is 0.264 e. The number of nitrogen functional groups attached to an aromatic ring is 1. The van der Waals surface area contributed by atoms with Crippen LogP contribution in [-0.2, 0) is 16.4 Å². The van der Waals surface area contributed by atoms with Crippen LogP contribution in [0.3, 0.4) is 0 Å². The minimum absolute atomic E-state index is 0.0160. The molecule has 0 spiro atoms. The third-order valence-corrected chi connectivity index (χ3v) is 5.21. The van der Waals surface area contributed by atoms with Gasteiger partial charge in [-0.1, -0.05) is 42.3 Å². The van der Waals surface area contributed by atoms with Gasteiger partial charge in [0.05, 0.1) is 10.0 Å². The maximum Gasteiger partial charge on any atom is 0.264 e. The number of sulfonamides is 1. The SMILES string of the molecule is CCc1ccc(NS(=O)(=O)c2c(Cl)cc(N)cc2Cl)cc1. The van der Waals surface area contributed by atoms with E-state index in [4.69, 9.17) is 28.9 Å². The monoisotopic (exact) mass is 344 g/mol. The van der Waals surface area contributed by atoms with Crippen LogP contribution in [0.25, 0.3) is 0 Å². The molecule has 3 N–H and O–H groups in total. The molecule has 2 aromatic rings. The number of nitrogens with two attached hydrogens (primary N) is 1. The highest BCUT2D eigenvalue weighted by Crippen LogP contribution is 2.33. The summed E-state index contributed by atoms with van der Waals surface area (Å²) in [6, 6.07) is 9.78. The van der Waals surface area contributed by atoms with Gasteiger partial charge in [0.1, 0.15) is 4.90 Å². The van der Waals surface area contributed by atoms with E-state index in [0.29, 0.717) is 11.4 Å². The Bertz CT molecular complexity index is 736. The summed E-state index contributed by atoms with van der Waals surface area (Å²) in [5.74, 6) is 0. The summed E-state index contributed by atoms with van der Waals surface area (Å²) in [6.07, 6.45) is 0.878. The van der Waals surface area contributed by atoms with Crippen LogP contribution in [0.5, 0.6) is 0 Å². The number of rotatable bonds is 4. The van der Waals surface area contributed by atoms with Crippen molar-refractivity contribution >= 4 is 44.6 Å². The van der Waals surface area contributed by atoms with Crippen LogP contribution >= 0.6 is 23.2 Å². The van der Waals surface area contributed by atoms with Gasteiger partial charge in [-0.25, -0.2) is 8.42 Å². The Kier molecular flexibility index (Phi) is 4.66. The summed E-state index contributed by atoms with van der Waals surface area (Å²) in [4.78, 5) is -0.181. The van der Waals surface area contributed by atoms with Crippen LogP contribution in [0.1, 0.15) is 12.5 Å². The third-order valence-electron chi connectivity index (χ3n) is 2.90. The van der Waals surface area contributed by atoms with Crippen LogP contribution in [0.2, 0.25) is 10.0 Å². The molecule has 0 aliphatic heterocycles. The zero-order valence-corrected chi connectivity index (χ0v) is 13.6. The second-order valence-corrected chi connectivity index (χ2v) is 6.90. The average molecular weight is 345 g/mol. The van der Waals surface area contributed by atoms with E-state index < -0.39 is 10.0 Å². The summed E-state index contributed by atoms with van der Waals surface area (Å²) in [5.41, 5.74) is 7.43. The highest BCUT2D eigenvalue weighted by Gasteiger charge is 2.22. The van der Waals surface area contributed by atoms with E-state index in [1.807, 2.05) is 19.1 Å². The Labute approximate surface area is 133 Å². The molecule has 7 heteroatoms. The zero-order valence-electron chi connectivity index (χ0n) is 11.2. The van der Waals surface area contributed by atoms with Crippen molar-refractivity contribution in [1.29, 1.82) is 0 Å². The predicted octanol–water partition coefficient (Wildman–Crippen LogP) is 3.94. The molecular formula is C14H14Cl2N2O2S. The van der Waals surface area contributed by atoms with Crippen LogP contribution in [0, 0.1) is 0 Å². The number of nitrogens with one attached hydrogen (secondary N) is 1. The molecule has 0 unspecified atom stereocenters. The summed E-state index contributed by atoms with van der Waals surface area (Å²) in [5, 5.41) is -0.0321. The number of aryl methyl sites for hydroxylation is 1. The summed E-state index contributed by atoms with van der Waals surface area (Å²) in [7, 11) is -3.88. The summed E-state index contributed by atoms with van der Waals surface area (Å²) >= 11 is 11.9. The van der Waals surface area contributed by atoms with Crippen molar-refractivity contribution in [2.75, 3.05) is 10.5 Å². The molecule has 0 saturated carbocycles. The molecule has 21 heavy (non-hydrogen) atoms. The van der Waals surface area contributed by atoms with Gasteiger partial charge >= 0.3 is 0 Å². The molecule has 0 aliphatic carbocycles. The second-order valence-electron chi connectivity index (χ2n) is 4.47. The molecule has 2 aromatic carbocycles. The Hall–Kier alpha value is -1.43. The Morgan fingerprint density at radius 1 is 1.10 bits per heavy atom. The van der Waals surface area contributed by atoms with E-state index in [1.165, 1.54) is 12.1 Å². The van der Waals surface area contributed by atoms with Crippen molar-refractivity contribution in [3.63, 3.8) is 0 Å². The molecule has 0 aliphatic rings. The molecule has 112 valence electrons.